The van der Waals surface area contributed by atoms with Gasteiger partial charge in [0.15, 0.2) is 0 Å². The molecule has 0 saturated carbocycles. The highest BCUT2D eigenvalue weighted by Crippen LogP contribution is 2.23. The van der Waals surface area contributed by atoms with Gasteiger partial charge in [-0.1, -0.05) is 30.6 Å². The molecule has 1 aromatic carbocycles. The molecule has 7 heteroatoms. The van der Waals surface area contributed by atoms with E-state index in [9.17, 15) is 9.90 Å². The van der Waals surface area contributed by atoms with E-state index < -0.39 is 0 Å². The summed E-state index contributed by atoms with van der Waals surface area (Å²) in [6.07, 6.45) is 0.255. The van der Waals surface area contributed by atoms with Crippen LogP contribution in [0.25, 0.3) is 0 Å². The molecule has 6 nitrogen and oxygen atoms in total. The predicted molar refractivity (Wildman–Crippen MR) is 81.9 cm³/mol. The van der Waals surface area contributed by atoms with E-state index in [4.69, 9.17) is 22.5 Å². The van der Waals surface area contributed by atoms with E-state index in [1.54, 1.807) is 4.90 Å². The van der Waals surface area contributed by atoms with E-state index in [0.717, 1.165) is 0 Å². The molecule has 21 heavy (non-hydrogen) atoms. The molecule has 4 N–H and O–H groups in total. The van der Waals surface area contributed by atoms with Crippen molar-refractivity contribution in [2.45, 2.75) is 20.3 Å². The van der Waals surface area contributed by atoms with Gasteiger partial charge in [0.1, 0.15) is 11.6 Å². The Kier molecular flexibility index (Phi) is 6.30. The lowest BCUT2D eigenvalue weighted by Gasteiger charge is -2.25. The van der Waals surface area contributed by atoms with E-state index in [1.165, 1.54) is 18.2 Å². The van der Waals surface area contributed by atoms with Gasteiger partial charge in [-0.2, -0.15) is 0 Å². The fourth-order valence-electron chi connectivity index (χ4n) is 1.86. The number of carbonyl (C=O) groups excluding carboxylic acids is 1. The number of carbonyl (C=O) groups is 1. The van der Waals surface area contributed by atoms with Crippen LogP contribution < -0.4 is 5.73 Å². The highest BCUT2D eigenvalue weighted by atomic mass is 35.5. The highest BCUT2D eigenvalue weighted by Gasteiger charge is 2.20. The van der Waals surface area contributed by atoms with E-state index in [2.05, 4.69) is 5.16 Å². The summed E-state index contributed by atoms with van der Waals surface area (Å²) >= 11 is 6.01. The highest BCUT2D eigenvalue weighted by molar-refractivity contribution is 6.33. The van der Waals surface area contributed by atoms with Crippen LogP contribution in [-0.4, -0.2) is 40.0 Å². The summed E-state index contributed by atoms with van der Waals surface area (Å²) in [5.74, 6) is -0.0186. The van der Waals surface area contributed by atoms with Crippen LogP contribution in [0.3, 0.4) is 0 Å². The van der Waals surface area contributed by atoms with Crippen molar-refractivity contribution in [2.75, 3.05) is 13.1 Å². The largest absolute Gasteiger partial charge is 0.508 e. The summed E-state index contributed by atoms with van der Waals surface area (Å²) in [5, 5.41) is 21.2. The van der Waals surface area contributed by atoms with Gasteiger partial charge in [0, 0.05) is 19.5 Å². The maximum atomic E-state index is 12.5. The fraction of sp³-hybridized carbons (Fsp3) is 0.429. The predicted octanol–water partition coefficient (Wildman–Crippen LogP) is 2.28. The first kappa shape index (κ1) is 17.1. The molecule has 0 aliphatic carbocycles. The molecule has 0 aromatic heterocycles. The molecule has 0 bridgehead atoms. The Balaban J connectivity index is 2.96. The number of nitrogens with zero attached hydrogens (tertiary/aromatic N) is 2. The van der Waals surface area contributed by atoms with Crippen molar-refractivity contribution >= 4 is 23.3 Å². The smallest absolute Gasteiger partial charge is 0.255 e. The van der Waals surface area contributed by atoms with Crippen LogP contribution in [-0.2, 0) is 0 Å². The molecule has 1 rings (SSSR count). The minimum absolute atomic E-state index is 0.0244. The molecule has 0 aliphatic rings. The number of hydrogen-bond acceptors (Lipinski definition) is 4. The number of benzene rings is 1. The van der Waals surface area contributed by atoms with Gasteiger partial charge in [0.25, 0.3) is 5.91 Å². The molecule has 0 heterocycles. The molecule has 0 atom stereocenters. The third-order valence-corrected chi connectivity index (χ3v) is 3.15. The minimum Gasteiger partial charge on any atom is -0.508 e. The molecule has 0 radical (unpaired) electrons. The molecule has 0 fully saturated rings. The molecule has 0 aliphatic heterocycles. The molecule has 0 spiro atoms. The van der Waals surface area contributed by atoms with Gasteiger partial charge < -0.3 is 20.9 Å². The lowest BCUT2D eigenvalue weighted by Crippen LogP contribution is -2.37. The maximum Gasteiger partial charge on any atom is 0.255 e. The lowest BCUT2D eigenvalue weighted by molar-refractivity contribution is 0.0740. The topological polar surface area (TPSA) is 99.1 Å². The lowest BCUT2D eigenvalue weighted by atomic mass is 10.1. The van der Waals surface area contributed by atoms with E-state index in [1.807, 2.05) is 13.8 Å². The first-order valence-corrected chi connectivity index (χ1v) is 6.97. The number of hydrogen-bond donors (Lipinski definition) is 3. The van der Waals surface area contributed by atoms with Crippen molar-refractivity contribution in [1.29, 1.82) is 0 Å². The first-order chi connectivity index (χ1) is 9.85. The Hall–Kier alpha value is -1.95. The van der Waals surface area contributed by atoms with E-state index in [-0.39, 0.29) is 40.4 Å². The van der Waals surface area contributed by atoms with E-state index in [0.29, 0.717) is 13.1 Å². The third-order valence-electron chi connectivity index (χ3n) is 2.82. The van der Waals surface area contributed by atoms with E-state index >= 15 is 0 Å². The van der Waals surface area contributed by atoms with Gasteiger partial charge in [-0.25, -0.2) is 0 Å². The van der Waals surface area contributed by atoms with Crippen LogP contribution in [0.4, 0.5) is 0 Å². The molecular formula is C14H20ClN3O3. The summed E-state index contributed by atoms with van der Waals surface area (Å²) in [6, 6.07) is 4.23. The summed E-state index contributed by atoms with van der Waals surface area (Å²) < 4.78 is 0. The van der Waals surface area contributed by atoms with Gasteiger partial charge in [-0.3, -0.25) is 4.79 Å². The second kappa shape index (κ2) is 7.73. The number of amidine groups is 1. The summed E-state index contributed by atoms with van der Waals surface area (Å²) in [6.45, 7) is 4.77. The first-order valence-electron chi connectivity index (χ1n) is 6.59. The zero-order valence-electron chi connectivity index (χ0n) is 12.1. The Morgan fingerprint density at radius 3 is 2.71 bits per heavy atom. The molecule has 1 amide bonds. The Bertz CT molecular complexity index is 532. The SMILES string of the molecule is CC(C)CN(CC/C(N)=N/O)C(=O)c1cc(O)ccc1Cl. The molecule has 1 aromatic rings. The molecule has 0 unspecified atom stereocenters. The Morgan fingerprint density at radius 2 is 2.14 bits per heavy atom. The van der Waals surface area contributed by atoms with Crippen molar-refractivity contribution in [3.63, 3.8) is 0 Å². The van der Waals surface area contributed by atoms with Crippen LogP contribution in [0.2, 0.25) is 5.02 Å². The number of phenolic OH excluding ortho intramolecular Hbond substituents is 1. The number of nitrogens with two attached hydrogens (primary N) is 1. The van der Waals surface area contributed by atoms with Gasteiger partial charge in [-0.05, 0) is 24.1 Å². The average Bonchev–Trinajstić information content (AvgIpc) is 2.44. The van der Waals surface area contributed by atoms with Gasteiger partial charge in [0.2, 0.25) is 0 Å². The summed E-state index contributed by atoms with van der Waals surface area (Å²) in [7, 11) is 0. The Labute approximate surface area is 128 Å². The minimum atomic E-state index is -0.296. The quantitative estimate of drug-likeness (QED) is 0.325. The van der Waals surface area contributed by atoms with Crippen LogP contribution in [0.1, 0.15) is 30.6 Å². The Morgan fingerprint density at radius 1 is 1.48 bits per heavy atom. The number of phenols is 1. The number of oxime groups is 1. The number of aromatic hydroxyl groups is 1. The summed E-state index contributed by atoms with van der Waals surface area (Å²) in [5.41, 5.74) is 5.67. The van der Waals surface area contributed by atoms with Crippen LogP contribution >= 0.6 is 11.6 Å². The molecule has 0 saturated heterocycles. The average molecular weight is 314 g/mol. The van der Waals surface area contributed by atoms with Gasteiger partial charge in [0.05, 0.1) is 10.6 Å². The van der Waals surface area contributed by atoms with Crippen molar-refractivity contribution in [1.82, 2.24) is 4.90 Å². The number of halogens is 1. The zero-order valence-corrected chi connectivity index (χ0v) is 12.8. The normalized spacial score (nSPS) is 11.7. The van der Waals surface area contributed by atoms with Crippen molar-refractivity contribution in [2.24, 2.45) is 16.8 Å². The second-order valence-corrected chi connectivity index (χ2v) is 5.56. The maximum absolute atomic E-state index is 12.5. The fourth-order valence-corrected chi connectivity index (χ4v) is 2.06. The van der Waals surface area contributed by atoms with Crippen molar-refractivity contribution in [3.05, 3.63) is 28.8 Å². The standard InChI is InChI=1S/C14H20ClN3O3/c1-9(2)8-18(6-5-13(16)17-21)14(20)11-7-10(19)3-4-12(11)15/h3-4,7,9,19,21H,5-6,8H2,1-2H3,(H2,16,17). The van der Waals surface area contributed by atoms with Crippen molar-refractivity contribution < 1.29 is 15.1 Å². The van der Waals surface area contributed by atoms with Crippen LogP contribution in [0.5, 0.6) is 5.75 Å². The number of rotatable bonds is 6. The zero-order chi connectivity index (χ0) is 16.0. The second-order valence-electron chi connectivity index (χ2n) is 5.15. The van der Waals surface area contributed by atoms with Crippen molar-refractivity contribution in [3.8, 4) is 5.75 Å². The van der Waals surface area contributed by atoms with Gasteiger partial charge >= 0.3 is 0 Å². The van der Waals surface area contributed by atoms with Gasteiger partial charge in [-0.15, -0.1) is 0 Å². The van der Waals surface area contributed by atoms with Crippen LogP contribution in [0.15, 0.2) is 23.4 Å². The summed E-state index contributed by atoms with van der Waals surface area (Å²) in [4.78, 5) is 14.1. The molecule has 116 valence electrons. The number of amides is 1. The third kappa shape index (κ3) is 5.15. The van der Waals surface area contributed by atoms with Crippen LogP contribution in [0, 0.1) is 5.92 Å². The molecular weight excluding hydrogens is 294 g/mol. The monoisotopic (exact) mass is 313 g/mol.